The Hall–Kier alpha value is -2.27. The van der Waals surface area contributed by atoms with Crippen molar-refractivity contribution in [2.24, 2.45) is 0 Å². The van der Waals surface area contributed by atoms with E-state index in [-0.39, 0.29) is 11.8 Å². The predicted octanol–water partition coefficient (Wildman–Crippen LogP) is 2.27. The largest absolute Gasteiger partial charge is 0.357 e. The molecule has 1 aliphatic rings. The van der Waals surface area contributed by atoms with E-state index in [4.69, 9.17) is 11.6 Å². The van der Waals surface area contributed by atoms with Crippen LogP contribution in [0.3, 0.4) is 0 Å². The van der Waals surface area contributed by atoms with Crippen LogP contribution in [0.4, 0.5) is 0 Å². The molecule has 0 saturated carbocycles. The van der Waals surface area contributed by atoms with Crippen LogP contribution in [-0.2, 0) is 0 Å². The van der Waals surface area contributed by atoms with Gasteiger partial charge >= 0.3 is 0 Å². The average molecular weight is 318 g/mol. The molecular formula is C16H16ClN3O2. The van der Waals surface area contributed by atoms with E-state index >= 15 is 0 Å². The third kappa shape index (κ3) is 2.99. The van der Waals surface area contributed by atoms with Crippen molar-refractivity contribution in [1.82, 2.24) is 14.8 Å². The van der Waals surface area contributed by atoms with Crippen LogP contribution in [0.25, 0.3) is 0 Å². The van der Waals surface area contributed by atoms with Crippen molar-refractivity contribution >= 4 is 23.4 Å². The number of amides is 2. The summed E-state index contributed by atoms with van der Waals surface area (Å²) in [7, 11) is 0. The van der Waals surface area contributed by atoms with Crippen LogP contribution in [0.2, 0.25) is 5.02 Å². The topological polar surface area (TPSA) is 56.4 Å². The fourth-order valence-corrected chi connectivity index (χ4v) is 2.65. The number of nitrogens with zero attached hydrogens (tertiary/aromatic N) is 2. The Labute approximate surface area is 133 Å². The quantitative estimate of drug-likeness (QED) is 0.923. The van der Waals surface area contributed by atoms with Crippen LogP contribution >= 0.6 is 11.6 Å². The number of hydrogen-bond acceptors (Lipinski definition) is 2. The fraction of sp³-hybridized carbons (Fsp3) is 0.250. The number of benzene rings is 1. The molecule has 1 aromatic carbocycles. The monoisotopic (exact) mass is 317 g/mol. The molecule has 2 aromatic rings. The standard InChI is InChI=1S/C16H16ClN3O2/c17-13-5-3-12(4-6-13)15(21)19-8-10-20(11-9-19)16(22)14-2-1-7-18-14/h1-7,18H,8-11H2. The summed E-state index contributed by atoms with van der Waals surface area (Å²) in [6.45, 7) is 2.15. The van der Waals surface area contributed by atoms with E-state index < -0.39 is 0 Å². The van der Waals surface area contributed by atoms with Crippen molar-refractivity contribution in [1.29, 1.82) is 0 Å². The Morgan fingerprint density at radius 2 is 1.50 bits per heavy atom. The van der Waals surface area contributed by atoms with Gasteiger partial charge in [-0.15, -0.1) is 0 Å². The number of nitrogens with one attached hydrogen (secondary N) is 1. The van der Waals surface area contributed by atoms with E-state index in [1.54, 1.807) is 52.4 Å². The van der Waals surface area contributed by atoms with Gasteiger partial charge in [-0.3, -0.25) is 9.59 Å². The van der Waals surface area contributed by atoms with Crippen molar-refractivity contribution in [3.63, 3.8) is 0 Å². The summed E-state index contributed by atoms with van der Waals surface area (Å²) in [5.74, 6) is -0.0489. The molecule has 0 aliphatic carbocycles. The number of aromatic amines is 1. The van der Waals surface area contributed by atoms with E-state index in [1.165, 1.54) is 0 Å². The third-order valence-electron chi connectivity index (χ3n) is 3.77. The molecule has 0 unspecified atom stereocenters. The fourth-order valence-electron chi connectivity index (χ4n) is 2.52. The Bertz CT molecular complexity index is 659. The second kappa shape index (κ2) is 6.23. The molecule has 1 aliphatic heterocycles. The van der Waals surface area contributed by atoms with Gasteiger partial charge in [0.1, 0.15) is 5.69 Å². The van der Waals surface area contributed by atoms with Gasteiger partial charge in [0.2, 0.25) is 0 Å². The Morgan fingerprint density at radius 1 is 0.909 bits per heavy atom. The van der Waals surface area contributed by atoms with Crippen LogP contribution in [0.15, 0.2) is 42.6 Å². The minimum atomic E-state index is -0.0245. The van der Waals surface area contributed by atoms with Gasteiger partial charge in [0, 0.05) is 43.0 Å². The molecule has 0 radical (unpaired) electrons. The van der Waals surface area contributed by atoms with Gasteiger partial charge < -0.3 is 14.8 Å². The lowest BCUT2D eigenvalue weighted by molar-refractivity contribution is 0.0532. The summed E-state index contributed by atoms with van der Waals surface area (Å²) >= 11 is 5.83. The molecule has 0 atom stereocenters. The first-order valence-corrected chi connectivity index (χ1v) is 7.50. The molecule has 1 aromatic heterocycles. The number of carbonyl (C=O) groups is 2. The molecular weight excluding hydrogens is 302 g/mol. The number of hydrogen-bond donors (Lipinski definition) is 1. The van der Waals surface area contributed by atoms with Crippen LogP contribution in [0, 0.1) is 0 Å². The zero-order valence-electron chi connectivity index (χ0n) is 12.0. The summed E-state index contributed by atoms with van der Waals surface area (Å²) in [6.07, 6.45) is 1.73. The first-order valence-electron chi connectivity index (χ1n) is 7.12. The van der Waals surface area contributed by atoms with Crippen molar-refractivity contribution in [3.05, 3.63) is 58.9 Å². The second-order valence-electron chi connectivity index (χ2n) is 5.18. The lowest BCUT2D eigenvalue weighted by Crippen LogP contribution is -2.50. The maximum Gasteiger partial charge on any atom is 0.270 e. The SMILES string of the molecule is O=C(c1ccc(Cl)cc1)N1CCN(C(=O)c2ccc[nH]2)CC1. The molecule has 1 fully saturated rings. The maximum absolute atomic E-state index is 12.4. The number of H-pyrrole nitrogens is 1. The molecule has 0 spiro atoms. The molecule has 0 bridgehead atoms. The molecule has 6 heteroatoms. The summed E-state index contributed by atoms with van der Waals surface area (Å²) in [4.78, 5) is 31.1. The second-order valence-corrected chi connectivity index (χ2v) is 5.61. The molecule has 5 nitrogen and oxygen atoms in total. The van der Waals surface area contributed by atoms with E-state index in [9.17, 15) is 9.59 Å². The molecule has 22 heavy (non-hydrogen) atoms. The third-order valence-corrected chi connectivity index (χ3v) is 4.03. The van der Waals surface area contributed by atoms with Gasteiger partial charge in [-0.25, -0.2) is 0 Å². The normalized spacial score (nSPS) is 15.0. The van der Waals surface area contributed by atoms with E-state index in [1.807, 2.05) is 0 Å². The summed E-state index contributed by atoms with van der Waals surface area (Å²) in [5, 5.41) is 0.609. The first-order chi connectivity index (χ1) is 10.6. The molecule has 3 rings (SSSR count). The Balaban J connectivity index is 1.60. The van der Waals surface area contributed by atoms with Gasteiger partial charge in [-0.1, -0.05) is 11.6 Å². The summed E-state index contributed by atoms with van der Waals surface area (Å²) in [6, 6.07) is 10.4. The van der Waals surface area contributed by atoms with Crippen molar-refractivity contribution in [2.45, 2.75) is 0 Å². The van der Waals surface area contributed by atoms with Gasteiger partial charge in [-0.05, 0) is 36.4 Å². The molecule has 2 heterocycles. The number of rotatable bonds is 2. The predicted molar refractivity (Wildman–Crippen MR) is 84.1 cm³/mol. The highest BCUT2D eigenvalue weighted by molar-refractivity contribution is 6.30. The van der Waals surface area contributed by atoms with Gasteiger partial charge in [0.15, 0.2) is 0 Å². The van der Waals surface area contributed by atoms with Crippen molar-refractivity contribution in [3.8, 4) is 0 Å². The first kappa shape index (κ1) is 14.7. The van der Waals surface area contributed by atoms with Crippen LogP contribution in [0.1, 0.15) is 20.8 Å². The lowest BCUT2D eigenvalue weighted by atomic mass is 10.2. The molecule has 114 valence electrons. The zero-order chi connectivity index (χ0) is 15.5. The highest BCUT2D eigenvalue weighted by Crippen LogP contribution is 2.14. The Morgan fingerprint density at radius 3 is 2.05 bits per heavy atom. The summed E-state index contributed by atoms with van der Waals surface area (Å²) < 4.78 is 0. The maximum atomic E-state index is 12.4. The number of piperazine rings is 1. The Kier molecular flexibility index (Phi) is 4.15. The number of halogens is 1. The lowest BCUT2D eigenvalue weighted by Gasteiger charge is -2.34. The van der Waals surface area contributed by atoms with Crippen LogP contribution in [-0.4, -0.2) is 52.8 Å². The minimum Gasteiger partial charge on any atom is -0.357 e. The van der Waals surface area contributed by atoms with E-state index in [2.05, 4.69) is 4.98 Å². The molecule has 1 N–H and O–H groups in total. The van der Waals surface area contributed by atoms with E-state index in [0.717, 1.165) is 0 Å². The minimum absolute atomic E-state index is 0.0244. The van der Waals surface area contributed by atoms with E-state index in [0.29, 0.717) is 42.5 Å². The number of carbonyl (C=O) groups excluding carboxylic acids is 2. The smallest absolute Gasteiger partial charge is 0.270 e. The van der Waals surface area contributed by atoms with Crippen molar-refractivity contribution < 1.29 is 9.59 Å². The summed E-state index contributed by atoms with van der Waals surface area (Å²) in [5.41, 5.74) is 1.20. The van der Waals surface area contributed by atoms with Crippen molar-refractivity contribution in [2.75, 3.05) is 26.2 Å². The highest BCUT2D eigenvalue weighted by Gasteiger charge is 2.25. The average Bonchev–Trinajstić information content (AvgIpc) is 3.09. The molecule has 1 saturated heterocycles. The van der Waals surface area contributed by atoms with Crippen LogP contribution < -0.4 is 0 Å². The van der Waals surface area contributed by atoms with Gasteiger partial charge in [0.05, 0.1) is 0 Å². The van der Waals surface area contributed by atoms with Gasteiger partial charge in [-0.2, -0.15) is 0 Å². The molecule has 2 amide bonds. The zero-order valence-corrected chi connectivity index (χ0v) is 12.7. The number of aromatic nitrogens is 1. The highest BCUT2D eigenvalue weighted by atomic mass is 35.5. The van der Waals surface area contributed by atoms with Crippen LogP contribution in [0.5, 0.6) is 0 Å². The van der Waals surface area contributed by atoms with Gasteiger partial charge in [0.25, 0.3) is 11.8 Å².